The van der Waals surface area contributed by atoms with E-state index < -0.39 is 10.0 Å². The fourth-order valence-electron chi connectivity index (χ4n) is 4.36. The first-order chi connectivity index (χ1) is 15.9. The molecule has 0 aliphatic carbocycles. The normalized spacial score (nSPS) is 16.4. The summed E-state index contributed by atoms with van der Waals surface area (Å²) >= 11 is 0. The summed E-state index contributed by atoms with van der Waals surface area (Å²) in [6.07, 6.45) is 3.02. The lowest BCUT2D eigenvalue weighted by molar-refractivity contribution is 0.170. The topological polar surface area (TPSA) is 61.4 Å². The average molecular weight is 468 g/mol. The van der Waals surface area contributed by atoms with Gasteiger partial charge in [-0.15, -0.1) is 0 Å². The van der Waals surface area contributed by atoms with Crippen LogP contribution >= 0.6 is 0 Å². The molecular weight excluding hydrogens is 437 g/mol. The number of hydrogen-bond donors (Lipinski definition) is 2. The van der Waals surface area contributed by atoms with Crippen molar-refractivity contribution in [3.05, 3.63) is 101 Å². The monoisotopic (exact) mass is 467 g/mol. The molecule has 0 amide bonds. The zero-order chi connectivity index (χ0) is 23.3. The zero-order valence-corrected chi connectivity index (χ0v) is 19.6. The van der Waals surface area contributed by atoms with Crippen molar-refractivity contribution in [3.63, 3.8) is 0 Å². The van der Waals surface area contributed by atoms with Crippen molar-refractivity contribution in [2.24, 2.45) is 0 Å². The number of sulfonamides is 1. The van der Waals surface area contributed by atoms with E-state index in [1.165, 1.54) is 23.3 Å². The smallest absolute Gasteiger partial charge is 0.229 e. The Labute approximate surface area is 195 Å². The molecule has 1 unspecified atom stereocenters. The summed E-state index contributed by atoms with van der Waals surface area (Å²) in [6.45, 7) is 3.38. The molecule has 1 aliphatic heterocycles. The predicted octanol–water partition coefficient (Wildman–Crippen LogP) is 3.96. The second kappa shape index (κ2) is 10.5. The fourth-order valence-corrected chi connectivity index (χ4v) is 4.92. The van der Waals surface area contributed by atoms with Gasteiger partial charge in [0, 0.05) is 37.9 Å². The Kier molecular flexibility index (Phi) is 7.42. The SMILES string of the molecule is CS(=O)(=O)Nc1ccc(CNCCN2Cc3ccccc3CC2Cc2ccc(F)cc2)cc1. The van der Waals surface area contributed by atoms with Crippen LogP contribution in [0.5, 0.6) is 0 Å². The second-order valence-corrected chi connectivity index (χ2v) is 10.4. The van der Waals surface area contributed by atoms with Crippen molar-refractivity contribution in [2.45, 2.75) is 32.0 Å². The van der Waals surface area contributed by atoms with Crippen LogP contribution in [-0.2, 0) is 36.0 Å². The van der Waals surface area contributed by atoms with Gasteiger partial charge in [-0.2, -0.15) is 0 Å². The molecule has 2 N–H and O–H groups in total. The van der Waals surface area contributed by atoms with E-state index >= 15 is 0 Å². The van der Waals surface area contributed by atoms with E-state index in [0.717, 1.165) is 49.9 Å². The van der Waals surface area contributed by atoms with Crippen molar-refractivity contribution in [1.29, 1.82) is 0 Å². The van der Waals surface area contributed by atoms with Crippen molar-refractivity contribution < 1.29 is 12.8 Å². The van der Waals surface area contributed by atoms with Gasteiger partial charge in [-0.05, 0) is 59.4 Å². The number of halogens is 1. The summed E-state index contributed by atoms with van der Waals surface area (Å²) in [7, 11) is -3.26. The van der Waals surface area contributed by atoms with Crippen molar-refractivity contribution in [1.82, 2.24) is 10.2 Å². The lowest BCUT2D eigenvalue weighted by Crippen LogP contribution is -2.44. The van der Waals surface area contributed by atoms with Gasteiger partial charge in [0.15, 0.2) is 0 Å². The molecular formula is C26H30FN3O2S. The van der Waals surface area contributed by atoms with Gasteiger partial charge >= 0.3 is 0 Å². The Bertz CT molecular complexity index is 1160. The van der Waals surface area contributed by atoms with Crippen LogP contribution in [0.1, 0.15) is 22.3 Å². The third-order valence-electron chi connectivity index (χ3n) is 6.01. The molecule has 1 atom stereocenters. The van der Waals surface area contributed by atoms with Crippen LogP contribution in [0, 0.1) is 5.82 Å². The zero-order valence-electron chi connectivity index (χ0n) is 18.8. The van der Waals surface area contributed by atoms with Crippen LogP contribution in [0.4, 0.5) is 10.1 Å². The summed E-state index contributed by atoms with van der Waals surface area (Å²) in [5.74, 6) is -0.200. The molecule has 7 heteroatoms. The first-order valence-electron chi connectivity index (χ1n) is 11.2. The van der Waals surface area contributed by atoms with Crippen LogP contribution in [0.3, 0.4) is 0 Å². The van der Waals surface area contributed by atoms with Crippen LogP contribution in [0.15, 0.2) is 72.8 Å². The maximum absolute atomic E-state index is 13.3. The maximum atomic E-state index is 13.3. The van der Waals surface area contributed by atoms with E-state index in [1.807, 2.05) is 24.3 Å². The Hall–Kier alpha value is -2.74. The van der Waals surface area contributed by atoms with E-state index in [2.05, 4.69) is 39.2 Å². The molecule has 174 valence electrons. The molecule has 0 saturated heterocycles. The van der Waals surface area contributed by atoms with Crippen LogP contribution in [0.2, 0.25) is 0 Å². The highest BCUT2D eigenvalue weighted by molar-refractivity contribution is 7.92. The fraction of sp³-hybridized carbons (Fsp3) is 0.308. The van der Waals surface area contributed by atoms with E-state index in [9.17, 15) is 12.8 Å². The van der Waals surface area contributed by atoms with Crippen LogP contribution in [0.25, 0.3) is 0 Å². The molecule has 1 aliphatic rings. The van der Waals surface area contributed by atoms with E-state index in [-0.39, 0.29) is 5.82 Å². The van der Waals surface area contributed by atoms with Crippen molar-refractivity contribution >= 4 is 15.7 Å². The summed E-state index contributed by atoms with van der Waals surface area (Å²) < 4.78 is 38.5. The van der Waals surface area contributed by atoms with Crippen molar-refractivity contribution in [2.75, 3.05) is 24.1 Å². The first kappa shape index (κ1) is 23.4. The molecule has 0 radical (unpaired) electrons. The highest BCUT2D eigenvalue weighted by atomic mass is 32.2. The number of hydrogen-bond acceptors (Lipinski definition) is 4. The molecule has 5 nitrogen and oxygen atoms in total. The summed E-state index contributed by atoms with van der Waals surface area (Å²) in [5.41, 5.74) is 5.60. The minimum absolute atomic E-state index is 0.200. The molecule has 3 aromatic rings. The van der Waals surface area contributed by atoms with Gasteiger partial charge in [-0.25, -0.2) is 12.8 Å². The van der Waals surface area contributed by atoms with Crippen LogP contribution < -0.4 is 10.0 Å². The Morgan fingerprint density at radius 1 is 0.939 bits per heavy atom. The van der Waals surface area contributed by atoms with Gasteiger partial charge in [0.2, 0.25) is 10.0 Å². The minimum atomic E-state index is -3.26. The first-order valence-corrected chi connectivity index (χ1v) is 13.1. The predicted molar refractivity (Wildman–Crippen MR) is 131 cm³/mol. The summed E-state index contributed by atoms with van der Waals surface area (Å²) in [6, 6.07) is 23.2. The van der Waals surface area contributed by atoms with E-state index in [1.54, 1.807) is 12.1 Å². The highest BCUT2D eigenvalue weighted by Crippen LogP contribution is 2.25. The molecule has 4 rings (SSSR count). The van der Waals surface area contributed by atoms with Gasteiger partial charge in [0.05, 0.1) is 6.26 Å². The van der Waals surface area contributed by atoms with Crippen LogP contribution in [-0.4, -0.2) is 38.7 Å². The number of rotatable bonds is 9. The molecule has 0 bridgehead atoms. The van der Waals surface area contributed by atoms with E-state index in [4.69, 9.17) is 0 Å². The quantitative estimate of drug-likeness (QED) is 0.468. The van der Waals surface area contributed by atoms with Gasteiger partial charge < -0.3 is 5.32 Å². The highest BCUT2D eigenvalue weighted by Gasteiger charge is 2.25. The Morgan fingerprint density at radius 2 is 1.61 bits per heavy atom. The molecule has 33 heavy (non-hydrogen) atoms. The number of fused-ring (bicyclic) bond motifs is 1. The molecule has 0 fully saturated rings. The minimum Gasteiger partial charge on any atom is -0.311 e. The third-order valence-corrected chi connectivity index (χ3v) is 6.62. The Morgan fingerprint density at radius 3 is 2.30 bits per heavy atom. The van der Waals surface area contributed by atoms with Gasteiger partial charge in [0.25, 0.3) is 0 Å². The van der Waals surface area contributed by atoms with Crippen molar-refractivity contribution in [3.8, 4) is 0 Å². The third kappa shape index (κ3) is 6.87. The number of nitrogens with one attached hydrogen (secondary N) is 2. The maximum Gasteiger partial charge on any atom is 0.229 e. The molecule has 0 aromatic heterocycles. The molecule has 3 aromatic carbocycles. The standard InChI is InChI=1S/C26H30FN3O2S/c1-33(31,32)29-25-12-8-21(9-13-25)18-28-14-15-30-19-23-5-3-2-4-22(23)17-26(30)16-20-6-10-24(27)11-7-20/h2-13,26,28-29H,14-19H2,1H3. The lowest BCUT2D eigenvalue weighted by atomic mass is 9.90. The van der Waals surface area contributed by atoms with Gasteiger partial charge in [-0.3, -0.25) is 9.62 Å². The van der Waals surface area contributed by atoms with E-state index in [0.29, 0.717) is 18.3 Å². The molecule has 0 spiro atoms. The summed E-state index contributed by atoms with van der Waals surface area (Å²) in [4.78, 5) is 2.51. The second-order valence-electron chi connectivity index (χ2n) is 8.68. The van der Waals surface area contributed by atoms with Gasteiger partial charge in [0.1, 0.15) is 5.82 Å². The molecule has 1 heterocycles. The number of benzene rings is 3. The Balaban J connectivity index is 1.34. The number of anilines is 1. The molecule has 0 saturated carbocycles. The summed E-state index contributed by atoms with van der Waals surface area (Å²) in [5, 5.41) is 3.50. The lowest BCUT2D eigenvalue weighted by Gasteiger charge is -2.37. The number of nitrogens with zero attached hydrogens (tertiary/aromatic N) is 1. The largest absolute Gasteiger partial charge is 0.311 e. The van der Waals surface area contributed by atoms with Gasteiger partial charge in [-0.1, -0.05) is 48.5 Å². The average Bonchev–Trinajstić information content (AvgIpc) is 2.78.